The van der Waals surface area contributed by atoms with Crippen molar-refractivity contribution in [2.75, 3.05) is 12.9 Å². The van der Waals surface area contributed by atoms with Crippen LogP contribution in [0.25, 0.3) is 10.9 Å². The molecular weight excluding hydrogens is 344 g/mol. The maximum Gasteiger partial charge on any atom is 0.304 e. The van der Waals surface area contributed by atoms with E-state index in [1.54, 1.807) is 7.11 Å². The van der Waals surface area contributed by atoms with Gasteiger partial charge in [-0.15, -0.1) is 11.8 Å². The molecule has 0 spiro atoms. The van der Waals surface area contributed by atoms with Gasteiger partial charge in [0.05, 0.1) is 11.9 Å². The van der Waals surface area contributed by atoms with Gasteiger partial charge in [-0.05, 0) is 18.2 Å². The van der Waals surface area contributed by atoms with Crippen LogP contribution in [-0.2, 0) is 16.1 Å². The third-order valence-corrected chi connectivity index (χ3v) is 3.98. The fourth-order valence-electron chi connectivity index (χ4n) is 1.66. The van der Waals surface area contributed by atoms with Crippen LogP contribution in [-0.4, -0.2) is 33.9 Å². The van der Waals surface area contributed by atoms with Crippen molar-refractivity contribution in [1.82, 2.24) is 9.97 Å². The van der Waals surface area contributed by atoms with Gasteiger partial charge < -0.3 is 9.84 Å². The Hall–Kier alpha value is -1.18. The van der Waals surface area contributed by atoms with E-state index >= 15 is 0 Å². The molecule has 0 fully saturated rings. The van der Waals surface area contributed by atoms with Gasteiger partial charge in [-0.1, -0.05) is 15.9 Å². The molecule has 1 N–H and O–H groups in total. The van der Waals surface area contributed by atoms with Gasteiger partial charge in [0, 0.05) is 22.7 Å². The van der Waals surface area contributed by atoms with Crippen LogP contribution < -0.4 is 0 Å². The van der Waals surface area contributed by atoms with Gasteiger partial charge >= 0.3 is 5.97 Å². The Balaban J connectivity index is 2.36. The SMILES string of the molecule is COCc1nc(SCCC(=O)O)c2ccc(Br)cc2n1. The van der Waals surface area contributed by atoms with E-state index in [0.717, 1.165) is 20.4 Å². The Kier molecular flexibility index (Phi) is 5.33. The van der Waals surface area contributed by atoms with Crippen LogP contribution in [0.5, 0.6) is 0 Å². The molecule has 0 aliphatic heterocycles. The molecule has 0 aliphatic rings. The number of nitrogens with zero attached hydrogens (tertiary/aromatic N) is 2. The predicted octanol–water partition coefficient (Wildman–Crippen LogP) is 3.11. The highest BCUT2D eigenvalue weighted by molar-refractivity contribution is 9.10. The zero-order valence-electron chi connectivity index (χ0n) is 10.8. The highest BCUT2D eigenvalue weighted by atomic mass is 79.9. The van der Waals surface area contributed by atoms with Crippen molar-refractivity contribution >= 4 is 44.6 Å². The molecule has 1 heterocycles. The lowest BCUT2D eigenvalue weighted by Gasteiger charge is -2.08. The zero-order valence-corrected chi connectivity index (χ0v) is 13.2. The normalized spacial score (nSPS) is 10.9. The summed E-state index contributed by atoms with van der Waals surface area (Å²) in [7, 11) is 1.59. The number of hydrogen-bond donors (Lipinski definition) is 1. The number of fused-ring (bicyclic) bond motifs is 1. The average molecular weight is 357 g/mol. The molecule has 2 rings (SSSR count). The summed E-state index contributed by atoms with van der Waals surface area (Å²) in [4.78, 5) is 19.5. The van der Waals surface area contributed by atoms with E-state index in [1.807, 2.05) is 18.2 Å². The fraction of sp³-hybridized carbons (Fsp3) is 0.308. The number of aliphatic carboxylic acids is 1. The molecule has 0 saturated carbocycles. The van der Waals surface area contributed by atoms with E-state index in [0.29, 0.717) is 18.2 Å². The highest BCUT2D eigenvalue weighted by Gasteiger charge is 2.09. The number of methoxy groups -OCH3 is 1. The Morgan fingerprint density at radius 2 is 2.25 bits per heavy atom. The largest absolute Gasteiger partial charge is 0.481 e. The van der Waals surface area contributed by atoms with Crippen molar-refractivity contribution in [3.05, 3.63) is 28.5 Å². The summed E-state index contributed by atoms with van der Waals surface area (Å²) in [6, 6.07) is 5.76. The lowest BCUT2D eigenvalue weighted by atomic mass is 10.2. The molecule has 7 heteroatoms. The first-order valence-electron chi connectivity index (χ1n) is 5.90. The number of aromatic nitrogens is 2. The van der Waals surface area contributed by atoms with Gasteiger partial charge in [0.25, 0.3) is 0 Å². The number of carboxylic acids is 1. The molecule has 0 aliphatic carbocycles. The van der Waals surface area contributed by atoms with Crippen LogP contribution in [0.15, 0.2) is 27.7 Å². The minimum Gasteiger partial charge on any atom is -0.481 e. The number of carboxylic acid groups (broad SMARTS) is 1. The third-order valence-electron chi connectivity index (χ3n) is 2.50. The predicted molar refractivity (Wildman–Crippen MR) is 80.9 cm³/mol. The lowest BCUT2D eigenvalue weighted by molar-refractivity contribution is -0.136. The lowest BCUT2D eigenvalue weighted by Crippen LogP contribution is -2.01. The number of ether oxygens (including phenoxy) is 1. The van der Waals surface area contributed by atoms with E-state index in [2.05, 4.69) is 25.9 Å². The van der Waals surface area contributed by atoms with Crippen molar-refractivity contribution in [3.8, 4) is 0 Å². The number of carbonyl (C=O) groups is 1. The number of halogens is 1. The van der Waals surface area contributed by atoms with Gasteiger partial charge in [-0.2, -0.15) is 0 Å². The van der Waals surface area contributed by atoms with Crippen molar-refractivity contribution in [3.63, 3.8) is 0 Å². The number of hydrogen-bond acceptors (Lipinski definition) is 5. The van der Waals surface area contributed by atoms with Crippen molar-refractivity contribution in [2.45, 2.75) is 18.1 Å². The quantitative estimate of drug-likeness (QED) is 0.633. The third kappa shape index (κ3) is 3.91. The highest BCUT2D eigenvalue weighted by Crippen LogP contribution is 2.28. The van der Waals surface area contributed by atoms with E-state index in [9.17, 15) is 4.79 Å². The number of benzene rings is 1. The van der Waals surface area contributed by atoms with Gasteiger partial charge in [0.15, 0.2) is 5.82 Å². The molecule has 1 aromatic heterocycles. The van der Waals surface area contributed by atoms with Crippen LogP contribution >= 0.6 is 27.7 Å². The minimum absolute atomic E-state index is 0.103. The van der Waals surface area contributed by atoms with Crippen molar-refractivity contribution in [2.24, 2.45) is 0 Å². The first-order valence-corrected chi connectivity index (χ1v) is 7.67. The summed E-state index contributed by atoms with van der Waals surface area (Å²) in [6.45, 7) is 0.328. The van der Waals surface area contributed by atoms with Crippen LogP contribution in [0.4, 0.5) is 0 Å². The Labute approximate surface area is 128 Å². The van der Waals surface area contributed by atoms with Crippen LogP contribution in [0.1, 0.15) is 12.2 Å². The molecule has 0 saturated heterocycles. The molecule has 1 aromatic carbocycles. The Morgan fingerprint density at radius 1 is 1.45 bits per heavy atom. The second-order valence-corrected chi connectivity index (χ2v) is 6.03. The van der Waals surface area contributed by atoms with Crippen molar-refractivity contribution < 1.29 is 14.6 Å². The zero-order chi connectivity index (χ0) is 14.5. The molecule has 106 valence electrons. The van der Waals surface area contributed by atoms with E-state index in [1.165, 1.54) is 11.8 Å². The van der Waals surface area contributed by atoms with Gasteiger partial charge in [-0.25, -0.2) is 9.97 Å². The molecule has 2 aromatic rings. The Morgan fingerprint density at radius 3 is 2.95 bits per heavy atom. The van der Waals surface area contributed by atoms with Gasteiger partial charge in [0.1, 0.15) is 11.6 Å². The van der Waals surface area contributed by atoms with Crippen LogP contribution in [0, 0.1) is 0 Å². The summed E-state index contributed by atoms with van der Waals surface area (Å²) in [5.74, 6) is 0.260. The summed E-state index contributed by atoms with van der Waals surface area (Å²) < 4.78 is 6.00. The summed E-state index contributed by atoms with van der Waals surface area (Å²) in [5.41, 5.74) is 0.819. The second-order valence-electron chi connectivity index (χ2n) is 4.03. The van der Waals surface area contributed by atoms with E-state index < -0.39 is 5.97 Å². The van der Waals surface area contributed by atoms with E-state index in [-0.39, 0.29) is 6.42 Å². The maximum atomic E-state index is 10.6. The minimum atomic E-state index is -0.810. The first kappa shape index (κ1) is 15.2. The molecule has 0 atom stereocenters. The molecule has 20 heavy (non-hydrogen) atoms. The topological polar surface area (TPSA) is 72.3 Å². The maximum absolute atomic E-state index is 10.6. The number of rotatable bonds is 6. The van der Waals surface area contributed by atoms with Crippen LogP contribution in [0.3, 0.4) is 0 Å². The fourth-order valence-corrected chi connectivity index (χ4v) is 2.98. The van der Waals surface area contributed by atoms with Crippen molar-refractivity contribution in [1.29, 1.82) is 0 Å². The molecule has 0 amide bonds. The van der Waals surface area contributed by atoms with Crippen LogP contribution in [0.2, 0.25) is 0 Å². The molecule has 0 radical (unpaired) electrons. The smallest absolute Gasteiger partial charge is 0.304 e. The molecule has 0 bridgehead atoms. The van der Waals surface area contributed by atoms with Gasteiger partial charge in [0.2, 0.25) is 0 Å². The molecular formula is C13H13BrN2O3S. The summed E-state index contributed by atoms with van der Waals surface area (Å²) in [6.07, 6.45) is 0.103. The van der Waals surface area contributed by atoms with Gasteiger partial charge in [-0.3, -0.25) is 4.79 Å². The van der Waals surface area contributed by atoms with E-state index in [4.69, 9.17) is 9.84 Å². The second kappa shape index (κ2) is 7.01. The first-order chi connectivity index (χ1) is 9.60. The summed E-state index contributed by atoms with van der Waals surface area (Å²) in [5, 5.41) is 10.4. The molecule has 5 nitrogen and oxygen atoms in total. The Bertz CT molecular complexity index is 636. The summed E-state index contributed by atoms with van der Waals surface area (Å²) >= 11 is 4.84. The number of thioether (sulfide) groups is 1. The molecule has 0 unspecified atom stereocenters. The average Bonchev–Trinajstić information content (AvgIpc) is 2.38. The monoisotopic (exact) mass is 356 g/mol. The standard InChI is InChI=1S/C13H13BrN2O3S/c1-19-7-11-15-10-6-8(14)2-3-9(10)13(16-11)20-5-4-12(17)18/h2-3,6H,4-5,7H2,1H3,(H,17,18).